The number of halogens is 1. The Morgan fingerprint density at radius 2 is 1.68 bits per heavy atom. The molecule has 0 atom stereocenters. The van der Waals surface area contributed by atoms with Crippen molar-refractivity contribution in [1.29, 1.82) is 0 Å². The van der Waals surface area contributed by atoms with Crippen molar-refractivity contribution in [3.63, 3.8) is 0 Å². The summed E-state index contributed by atoms with van der Waals surface area (Å²) in [5, 5.41) is 10.2. The molecule has 25 heavy (non-hydrogen) atoms. The highest BCUT2D eigenvalue weighted by Crippen LogP contribution is 2.28. The minimum absolute atomic E-state index is 0.0556. The Morgan fingerprint density at radius 1 is 1.12 bits per heavy atom. The van der Waals surface area contributed by atoms with Crippen molar-refractivity contribution in [2.24, 2.45) is 5.10 Å². The number of carbonyl (C=O) groups excluding carboxylic acids is 2. The van der Waals surface area contributed by atoms with Crippen LogP contribution < -0.4 is 16.1 Å². The maximum absolute atomic E-state index is 12.1. The van der Waals surface area contributed by atoms with Crippen LogP contribution in [0.1, 0.15) is 46.1 Å². The normalized spacial score (nSPS) is 19.6. The van der Waals surface area contributed by atoms with E-state index in [4.69, 9.17) is 0 Å². The number of amides is 2. The molecule has 3 N–H and O–H groups in total. The first-order valence-corrected chi connectivity index (χ1v) is 9.04. The highest BCUT2D eigenvalue weighted by molar-refractivity contribution is 9.10. The second kappa shape index (κ2) is 7.66. The standard InChI is InChI=1S/C18H25BrN4O2/c1-17(2)9-14(10-18(3,4)23-17)21-15(24)16(25)22-20-11-12-5-7-13(19)8-6-12/h5-8,11,14,23H,9-10H2,1-4H3,(H,21,24)(H,22,25). The highest BCUT2D eigenvalue weighted by Gasteiger charge is 2.38. The maximum Gasteiger partial charge on any atom is 0.329 e. The number of hydrogen-bond acceptors (Lipinski definition) is 4. The average molecular weight is 409 g/mol. The fourth-order valence-electron chi connectivity index (χ4n) is 3.44. The average Bonchev–Trinajstić information content (AvgIpc) is 2.45. The molecule has 2 amide bonds. The fraction of sp³-hybridized carbons (Fsp3) is 0.500. The SMILES string of the molecule is CC1(C)CC(NC(=O)C(=O)NN=Cc2ccc(Br)cc2)CC(C)(C)N1. The molecular formula is C18H25BrN4O2. The van der Waals surface area contributed by atoms with E-state index < -0.39 is 11.8 Å². The maximum atomic E-state index is 12.1. The van der Waals surface area contributed by atoms with Gasteiger partial charge in [-0.1, -0.05) is 28.1 Å². The van der Waals surface area contributed by atoms with E-state index >= 15 is 0 Å². The van der Waals surface area contributed by atoms with E-state index in [-0.39, 0.29) is 17.1 Å². The lowest BCUT2D eigenvalue weighted by molar-refractivity contribution is -0.140. The van der Waals surface area contributed by atoms with E-state index in [0.717, 1.165) is 22.9 Å². The summed E-state index contributed by atoms with van der Waals surface area (Å²) >= 11 is 3.35. The molecule has 1 aliphatic heterocycles. The smallest absolute Gasteiger partial charge is 0.329 e. The topological polar surface area (TPSA) is 82.6 Å². The third-order valence-corrected chi connectivity index (χ3v) is 4.51. The molecule has 6 nitrogen and oxygen atoms in total. The van der Waals surface area contributed by atoms with Gasteiger partial charge in [0.15, 0.2) is 0 Å². The lowest BCUT2D eigenvalue weighted by Crippen LogP contribution is -2.62. The zero-order valence-corrected chi connectivity index (χ0v) is 16.6. The number of benzene rings is 1. The number of piperidine rings is 1. The summed E-state index contributed by atoms with van der Waals surface area (Å²) in [6.45, 7) is 8.37. The summed E-state index contributed by atoms with van der Waals surface area (Å²) in [4.78, 5) is 24.0. The molecule has 0 aromatic heterocycles. The predicted molar refractivity (Wildman–Crippen MR) is 102 cm³/mol. The van der Waals surface area contributed by atoms with Crippen LogP contribution in [-0.2, 0) is 9.59 Å². The Labute approximate surface area is 157 Å². The molecule has 1 heterocycles. The first-order chi connectivity index (χ1) is 11.6. The Hall–Kier alpha value is -1.73. The number of rotatable bonds is 3. The Bertz CT molecular complexity index is 652. The lowest BCUT2D eigenvalue weighted by atomic mass is 9.79. The molecule has 7 heteroatoms. The van der Waals surface area contributed by atoms with E-state index in [9.17, 15) is 9.59 Å². The minimum atomic E-state index is -0.762. The van der Waals surface area contributed by atoms with Crippen LogP contribution in [0.15, 0.2) is 33.8 Å². The molecule has 1 aliphatic rings. The van der Waals surface area contributed by atoms with Gasteiger partial charge in [0.2, 0.25) is 0 Å². The quantitative estimate of drug-likeness (QED) is 0.407. The van der Waals surface area contributed by atoms with E-state index in [1.807, 2.05) is 24.3 Å². The largest absolute Gasteiger partial charge is 0.345 e. The van der Waals surface area contributed by atoms with Gasteiger partial charge in [0.05, 0.1) is 6.21 Å². The van der Waals surface area contributed by atoms with Crippen LogP contribution in [0.4, 0.5) is 0 Å². The van der Waals surface area contributed by atoms with Gasteiger partial charge in [-0.2, -0.15) is 5.10 Å². The van der Waals surface area contributed by atoms with Crippen LogP contribution in [0.25, 0.3) is 0 Å². The van der Waals surface area contributed by atoms with E-state index in [1.165, 1.54) is 6.21 Å². The molecule has 0 saturated carbocycles. The number of nitrogens with one attached hydrogen (secondary N) is 3. The van der Waals surface area contributed by atoms with Gasteiger partial charge >= 0.3 is 11.8 Å². The van der Waals surface area contributed by atoms with Crippen LogP contribution in [0.3, 0.4) is 0 Å². The van der Waals surface area contributed by atoms with Gasteiger partial charge in [0.1, 0.15) is 0 Å². The summed E-state index contributed by atoms with van der Waals surface area (Å²) in [7, 11) is 0. The van der Waals surface area contributed by atoms with Crippen molar-refractivity contribution in [2.45, 2.75) is 57.7 Å². The number of hydrazone groups is 1. The second-order valence-electron chi connectivity index (χ2n) is 7.72. The third-order valence-electron chi connectivity index (χ3n) is 3.98. The molecule has 0 aliphatic carbocycles. The molecular weight excluding hydrogens is 384 g/mol. The summed E-state index contributed by atoms with van der Waals surface area (Å²) in [6, 6.07) is 7.38. The molecule has 0 unspecified atom stereocenters. The molecule has 0 bridgehead atoms. The van der Waals surface area contributed by atoms with Crippen LogP contribution >= 0.6 is 15.9 Å². The van der Waals surface area contributed by atoms with Crippen LogP contribution in [-0.4, -0.2) is 35.1 Å². The molecule has 136 valence electrons. The van der Waals surface area contributed by atoms with Crippen LogP contribution in [0.2, 0.25) is 0 Å². The molecule has 1 aromatic carbocycles. The van der Waals surface area contributed by atoms with Crippen LogP contribution in [0.5, 0.6) is 0 Å². The minimum Gasteiger partial charge on any atom is -0.345 e. The highest BCUT2D eigenvalue weighted by atomic mass is 79.9. The summed E-state index contributed by atoms with van der Waals surface area (Å²) in [5.41, 5.74) is 2.89. The van der Waals surface area contributed by atoms with E-state index in [0.29, 0.717) is 0 Å². The number of nitrogens with zero attached hydrogens (tertiary/aromatic N) is 1. The molecule has 2 rings (SSSR count). The van der Waals surface area contributed by atoms with Gasteiger partial charge in [-0.25, -0.2) is 5.43 Å². The third kappa shape index (κ3) is 6.25. The van der Waals surface area contributed by atoms with Gasteiger partial charge < -0.3 is 10.6 Å². The van der Waals surface area contributed by atoms with Crippen molar-refractivity contribution in [1.82, 2.24) is 16.1 Å². The molecule has 0 radical (unpaired) electrons. The summed E-state index contributed by atoms with van der Waals surface area (Å²) < 4.78 is 0.959. The van der Waals surface area contributed by atoms with Gasteiger partial charge in [-0.15, -0.1) is 0 Å². The first kappa shape index (κ1) is 19.6. The number of hydrogen-bond donors (Lipinski definition) is 3. The van der Waals surface area contributed by atoms with Crippen molar-refractivity contribution in [3.8, 4) is 0 Å². The molecule has 0 spiro atoms. The van der Waals surface area contributed by atoms with Crippen molar-refractivity contribution >= 4 is 34.0 Å². The molecule has 1 fully saturated rings. The Balaban J connectivity index is 1.87. The van der Waals surface area contributed by atoms with Gasteiger partial charge in [-0.3, -0.25) is 9.59 Å². The Morgan fingerprint density at radius 3 is 2.24 bits per heavy atom. The van der Waals surface area contributed by atoms with Crippen molar-refractivity contribution in [3.05, 3.63) is 34.3 Å². The number of carbonyl (C=O) groups is 2. The first-order valence-electron chi connectivity index (χ1n) is 8.25. The van der Waals surface area contributed by atoms with Crippen molar-refractivity contribution < 1.29 is 9.59 Å². The predicted octanol–water partition coefficient (Wildman–Crippen LogP) is 2.32. The fourth-order valence-corrected chi connectivity index (χ4v) is 3.70. The second-order valence-corrected chi connectivity index (χ2v) is 8.64. The van der Waals surface area contributed by atoms with Gasteiger partial charge in [0, 0.05) is 21.6 Å². The zero-order chi connectivity index (χ0) is 18.7. The Kier molecular flexibility index (Phi) is 6.00. The molecule has 1 aromatic rings. The molecule has 1 saturated heterocycles. The lowest BCUT2D eigenvalue weighted by Gasteiger charge is -2.46. The van der Waals surface area contributed by atoms with Gasteiger partial charge in [0.25, 0.3) is 0 Å². The summed E-state index contributed by atoms with van der Waals surface area (Å²) in [5.74, 6) is -1.42. The zero-order valence-electron chi connectivity index (χ0n) is 15.0. The van der Waals surface area contributed by atoms with E-state index in [2.05, 4.69) is 64.8 Å². The van der Waals surface area contributed by atoms with Gasteiger partial charge in [-0.05, 0) is 58.2 Å². The summed E-state index contributed by atoms with van der Waals surface area (Å²) in [6.07, 6.45) is 3.02. The van der Waals surface area contributed by atoms with E-state index in [1.54, 1.807) is 0 Å². The van der Waals surface area contributed by atoms with Crippen molar-refractivity contribution in [2.75, 3.05) is 0 Å². The van der Waals surface area contributed by atoms with Crippen LogP contribution in [0, 0.1) is 0 Å². The monoisotopic (exact) mass is 408 g/mol.